The van der Waals surface area contributed by atoms with Gasteiger partial charge in [0.05, 0.1) is 7.11 Å². The van der Waals surface area contributed by atoms with Gasteiger partial charge in [-0.25, -0.2) is 13.4 Å². The number of hydrogen-bond acceptors (Lipinski definition) is 5. The fraction of sp³-hybridized carbons (Fsp3) is 0.250. The average molecular weight is 298 g/mol. The van der Waals surface area contributed by atoms with Crippen LogP contribution in [-0.4, -0.2) is 20.5 Å². The first-order valence-electron chi connectivity index (χ1n) is 5.51. The molecule has 0 unspecified atom stereocenters. The maximum atomic E-state index is 12.3. The van der Waals surface area contributed by atoms with Gasteiger partial charge in [0.25, 0.3) is 10.0 Å². The second kappa shape index (κ2) is 5.18. The monoisotopic (exact) mass is 298 g/mol. The highest BCUT2D eigenvalue weighted by atomic mass is 32.2. The highest BCUT2D eigenvalue weighted by Gasteiger charge is 2.21. The molecular formula is C12H14N2O3S2. The third-order valence-corrected chi connectivity index (χ3v) is 4.90. The minimum absolute atomic E-state index is 0.119. The lowest BCUT2D eigenvalue weighted by molar-refractivity contribution is 0.402. The van der Waals surface area contributed by atoms with Crippen molar-refractivity contribution in [3.8, 4) is 5.75 Å². The normalized spacial score (nSPS) is 11.3. The zero-order valence-electron chi connectivity index (χ0n) is 10.8. The van der Waals surface area contributed by atoms with Gasteiger partial charge < -0.3 is 4.74 Å². The summed E-state index contributed by atoms with van der Waals surface area (Å²) in [6.45, 7) is 3.76. The third kappa shape index (κ3) is 2.87. The van der Waals surface area contributed by atoms with E-state index in [-0.39, 0.29) is 4.90 Å². The van der Waals surface area contributed by atoms with Crippen molar-refractivity contribution in [3.05, 3.63) is 34.8 Å². The van der Waals surface area contributed by atoms with Crippen LogP contribution in [0.2, 0.25) is 0 Å². The second-order valence-corrected chi connectivity index (χ2v) is 6.58. The molecule has 1 aromatic heterocycles. The molecule has 7 heteroatoms. The van der Waals surface area contributed by atoms with Crippen molar-refractivity contribution in [2.45, 2.75) is 18.7 Å². The molecule has 1 N–H and O–H groups in total. The SMILES string of the molecule is COc1cc(C)c(C)cc1S(=O)(=O)Nc1nccs1. The van der Waals surface area contributed by atoms with E-state index in [4.69, 9.17) is 4.74 Å². The molecule has 1 heterocycles. The van der Waals surface area contributed by atoms with Gasteiger partial charge in [0.15, 0.2) is 5.13 Å². The Hall–Kier alpha value is -1.60. The third-order valence-electron chi connectivity index (χ3n) is 2.72. The Morgan fingerprint density at radius 1 is 1.26 bits per heavy atom. The van der Waals surface area contributed by atoms with Gasteiger partial charge in [0.2, 0.25) is 0 Å². The molecule has 0 atom stereocenters. The fourth-order valence-electron chi connectivity index (χ4n) is 1.58. The highest BCUT2D eigenvalue weighted by Crippen LogP contribution is 2.29. The molecule has 0 amide bonds. The summed E-state index contributed by atoms with van der Waals surface area (Å²) in [4.78, 5) is 4.03. The molecule has 0 spiro atoms. The molecule has 5 nitrogen and oxygen atoms in total. The molecule has 0 saturated heterocycles. The topological polar surface area (TPSA) is 68.3 Å². The summed E-state index contributed by atoms with van der Waals surface area (Å²) < 4.78 is 32.2. The first-order valence-corrected chi connectivity index (χ1v) is 7.88. The summed E-state index contributed by atoms with van der Waals surface area (Å²) in [5.41, 5.74) is 1.87. The van der Waals surface area contributed by atoms with Crippen LogP contribution in [0.4, 0.5) is 5.13 Å². The molecule has 2 aromatic rings. The van der Waals surface area contributed by atoms with E-state index in [1.807, 2.05) is 13.8 Å². The van der Waals surface area contributed by atoms with Crippen LogP contribution in [0, 0.1) is 13.8 Å². The highest BCUT2D eigenvalue weighted by molar-refractivity contribution is 7.93. The summed E-state index contributed by atoms with van der Waals surface area (Å²) in [6.07, 6.45) is 1.54. The minimum atomic E-state index is -3.69. The van der Waals surface area contributed by atoms with E-state index in [0.29, 0.717) is 10.9 Å². The molecule has 0 radical (unpaired) electrons. The molecule has 0 aliphatic rings. The van der Waals surface area contributed by atoms with Crippen molar-refractivity contribution >= 4 is 26.5 Å². The lowest BCUT2D eigenvalue weighted by Gasteiger charge is -2.12. The molecular weight excluding hydrogens is 284 g/mol. The zero-order valence-corrected chi connectivity index (χ0v) is 12.4. The van der Waals surface area contributed by atoms with Crippen molar-refractivity contribution in [2.75, 3.05) is 11.8 Å². The number of nitrogens with zero attached hydrogens (tertiary/aromatic N) is 1. The predicted molar refractivity (Wildman–Crippen MR) is 75.4 cm³/mol. The van der Waals surface area contributed by atoms with Crippen molar-refractivity contribution in [1.29, 1.82) is 0 Å². The van der Waals surface area contributed by atoms with Crippen molar-refractivity contribution in [1.82, 2.24) is 4.98 Å². The van der Waals surface area contributed by atoms with Crippen LogP contribution >= 0.6 is 11.3 Å². The first-order chi connectivity index (χ1) is 8.94. The standard InChI is InChI=1S/C12H14N2O3S2/c1-8-6-10(17-3)11(7-9(8)2)19(15,16)14-12-13-4-5-18-12/h4-7H,1-3H3,(H,13,14). The van der Waals surface area contributed by atoms with Crippen LogP contribution in [-0.2, 0) is 10.0 Å². The van der Waals surface area contributed by atoms with Gasteiger partial charge in [-0.15, -0.1) is 11.3 Å². The lowest BCUT2D eigenvalue weighted by atomic mass is 10.1. The molecule has 19 heavy (non-hydrogen) atoms. The van der Waals surface area contributed by atoms with Gasteiger partial charge in [-0.1, -0.05) is 0 Å². The van der Waals surface area contributed by atoms with E-state index in [1.165, 1.54) is 18.4 Å². The number of aryl methyl sites for hydroxylation is 2. The molecule has 0 aliphatic heterocycles. The van der Waals surface area contributed by atoms with Gasteiger partial charge in [-0.2, -0.15) is 0 Å². The maximum absolute atomic E-state index is 12.3. The molecule has 0 saturated carbocycles. The number of aromatic nitrogens is 1. The van der Waals surface area contributed by atoms with Crippen LogP contribution in [0.15, 0.2) is 28.6 Å². The smallest absolute Gasteiger partial charge is 0.267 e. The summed E-state index contributed by atoms with van der Waals surface area (Å²) >= 11 is 1.22. The molecule has 0 aliphatic carbocycles. The van der Waals surface area contributed by atoms with E-state index < -0.39 is 10.0 Å². The molecule has 0 bridgehead atoms. The second-order valence-electron chi connectivity index (χ2n) is 4.03. The predicted octanol–water partition coefficient (Wildman–Crippen LogP) is 2.57. The lowest BCUT2D eigenvalue weighted by Crippen LogP contribution is -2.14. The Morgan fingerprint density at radius 2 is 1.95 bits per heavy atom. The van der Waals surface area contributed by atoms with Crippen molar-refractivity contribution in [2.24, 2.45) is 0 Å². The number of ether oxygens (including phenoxy) is 1. The van der Waals surface area contributed by atoms with E-state index in [9.17, 15) is 8.42 Å². The number of methoxy groups -OCH3 is 1. The van der Waals surface area contributed by atoms with Crippen molar-refractivity contribution in [3.63, 3.8) is 0 Å². The summed E-state index contributed by atoms with van der Waals surface area (Å²) in [7, 11) is -2.24. The van der Waals surface area contributed by atoms with Crippen LogP contribution in [0.25, 0.3) is 0 Å². The van der Waals surface area contributed by atoms with E-state index in [1.54, 1.807) is 23.7 Å². The Balaban J connectivity index is 2.48. The quantitative estimate of drug-likeness (QED) is 0.942. The van der Waals surface area contributed by atoms with E-state index >= 15 is 0 Å². The van der Waals surface area contributed by atoms with Gasteiger partial charge in [0, 0.05) is 11.6 Å². The minimum Gasteiger partial charge on any atom is -0.495 e. The van der Waals surface area contributed by atoms with E-state index in [2.05, 4.69) is 9.71 Å². The van der Waals surface area contributed by atoms with Gasteiger partial charge in [-0.3, -0.25) is 4.72 Å². The Bertz CT molecular complexity index is 679. The van der Waals surface area contributed by atoms with Crippen LogP contribution < -0.4 is 9.46 Å². The molecule has 2 rings (SSSR count). The first kappa shape index (κ1) is 13.8. The van der Waals surface area contributed by atoms with Gasteiger partial charge in [0.1, 0.15) is 10.6 Å². The number of anilines is 1. The summed E-state index contributed by atoms with van der Waals surface area (Å²) in [5, 5.41) is 2.04. The average Bonchev–Trinajstić information content (AvgIpc) is 2.84. The van der Waals surface area contributed by atoms with Gasteiger partial charge in [-0.05, 0) is 37.1 Å². The van der Waals surface area contributed by atoms with Crippen LogP contribution in [0.5, 0.6) is 5.75 Å². The molecule has 1 aromatic carbocycles. The molecule has 102 valence electrons. The summed E-state index contributed by atoms with van der Waals surface area (Å²) in [5.74, 6) is 0.326. The van der Waals surface area contributed by atoms with Crippen LogP contribution in [0.1, 0.15) is 11.1 Å². The Kier molecular flexibility index (Phi) is 3.77. The number of nitrogens with one attached hydrogen (secondary N) is 1. The fourth-order valence-corrected chi connectivity index (χ4v) is 3.60. The van der Waals surface area contributed by atoms with Gasteiger partial charge >= 0.3 is 0 Å². The Morgan fingerprint density at radius 3 is 2.53 bits per heavy atom. The maximum Gasteiger partial charge on any atom is 0.267 e. The number of benzene rings is 1. The van der Waals surface area contributed by atoms with Crippen molar-refractivity contribution < 1.29 is 13.2 Å². The number of hydrogen-bond donors (Lipinski definition) is 1. The number of rotatable bonds is 4. The largest absolute Gasteiger partial charge is 0.495 e. The van der Waals surface area contributed by atoms with Crippen LogP contribution in [0.3, 0.4) is 0 Å². The van der Waals surface area contributed by atoms with E-state index in [0.717, 1.165) is 11.1 Å². The molecule has 0 fully saturated rings. The number of thiazole rings is 1. The Labute approximate surface area is 116 Å². The summed E-state index contributed by atoms with van der Waals surface area (Å²) in [6, 6.07) is 3.32. The zero-order chi connectivity index (χ0) is 14.0. The number of sulfonamides is 1.